The second-order valence-electron chi connectivity index (χ2n) is 15.8. The van der Waals surface area contributed by atoms with Crippen LogP contribution in [0.1, 0.15) is 184 Å². The number of allylic oxidation sites excluding steroid dienone is 6. The van der Waals surface area contributed by atoms with Gasteiger partial charge in [-0.25, -0.2) is 0 Å². The molecule has 0 radical (unpaired) electrons. The third kappa shape index (κ3) is 21.8. The van der Waals surface area contributed by atoms with E-state index in [1.165, 1.54) is 121 Å². The highest BCUT2D eigenvalue weighted by Crippen LogP contribution is 2.46. The first-order valence-electron chi connectivity index (χ1n) is 18.4. The van der Waals surface area contributed by atoms with E-state index in [4.69, 9.17) is 4.74 Å². The minimum atomic E-state index is 0.0174. The molecule has 0 aromatic carbocycles. The van der Waals surface area contributed by atoms with E-state index >= 15 is 0 Å². The van der Waals surface area contributed by atoms with E-state index in [0.717, 1.165) is 36.0 Å². The zero-order chi connectivity index (χ0) is 31.4. The van der Waals surface area contributed by atoms with Crippen LogP contribution in [0.25, 0.3) is 0 Å². The van der Waals surface area contributed by atoms with Crippen molar-refractivity contribution < 1.29 is 4.74 Å². The fourth-order valence-corrected chi connectivity index (χ4v) is 6.59. The van der Waals surface area contributed by atoms with Gasteiger partial charge in [0.05, 0.1) is 5.60 Å². The van der Waals surface area contributed by atoms with Crippen molar-refractivity contribution in [1.29, 1.82) is 0 Å². The molecule has 0 aliphatic heterocycles. The molecule has 1 aliphatic rings. The van der Waals surface area contributed by atoms with Crippen molar-refractivity contribution in [3.8, 4) is 0 Å². The fourth-order valence-electron chi connectivity index (χ4n) is 6.59. The summed E-state index contributed by atoms with van der Waals surface area (Å²) in [7, 11) is 1.82. The molecular weight excluding hydrogens is 508 g/mol. The Morgan fingerprint density at radius 2 is 1.17 bits per heavy atom. The van der Waals surface area contributed by atoms with Crippen molar-refractivity contribution in [2.75, 3.05) is 7.11 Å². The fraction of sp³-hybridized carbons (Fsp3) is 0.854. The third-order valence-corrected chi connectivity index (χ3v) is 10.3. The number of methoxy groups -OCH3 is 1. The number of hydrogen-bond donors (Lipinski definition) is 0. The molecule has 1 saturated carbocycles. The largest absolute Gasteiger partial charge is 0.379 e. The Morgan fingerprint density at radius 3 is 1.83 bits per heavy atom. The van der Waals surface area contributed by atoms with Crippen LogP contribution >= 0.6 is 0 Å². The van der Waals surface area contributed by atoms with Crippen LogP contribution in [-0.4, -0.2) is 12.7 Å². The topological polar surface area (TPSA) is 9.23 Å². The van der Waals surface area contributed by atoms with Crippen molar-refractivity contribution in [3.63, 3.8) is 0 Å². The van der Waals surface area contributed by atoms with Crippen molar-refractivity contribution in [3.05, 3.63) is 34.9 Å². The summed E-state index contributed by atoms with van der Waals surface area (Å²) in [5.74, 6) is 4.78. The summed E-state index contributed by atoms with van der Waals surface area (Å²) in [5, 5.41) is 0. The minimum Gasteiger partial charge on any atom is -0.379 e. The van der Waals surface area contributed by atoms with Gasteiger partial charge in [0.1, 0.15) is 0 Å². The quantitative estimate of drug-likeness (QED) is 0.0725. The average Bonchev–Trinajstić information content (AvgIpc) is 3.67. The zero-order valence-electron chi connectivity index (χ0n) is 30.5. The van der Waals surface area contributed by atoms with Gasteiger partial charge >= 0.3 is 0 Å². The molecule has 0 amide bonds. The van der Waals surface area contributed by atoms with E-state index in [2.05, 4.69) is 80.5 Å². The Kier molecular flexibility index (Phi) is 21.1. The van der Waals surface area contributed by atoms with Gasteiger partial charge in [-0.1, -0.05) is 94.2 Å². The Bertz CT molecular complexity index is 764. The van der Waals surface area contributed by atoms with Crippen LogP contribution in [-0.2, 0) is 4.74 Å². The molecular formula is C41H76O. The van der Waals surface area contributed by atoms with Crippen LogP contribution in [0, 0.1) is 29.6 Å². The second-order valence-corrected chi connectivity index (χ2v) is 15.8. The molecule has 0 aromatic heterocycles. The normalized spacial score (nSPS) is 20.0. The van der Waals surface area contributed by atoms with E-state index in [1.54, 1.807) is 11.1 Å². The molecule has 1 fully saturated rings. The molecule has 1 rings (SSSR count). The molecule has 42 heavy (non-hydrogen) atoms. The Hall–Kier alpha value is -0.820. The molecule has 5 atom stereocenters. The predicted octanol–water partition coefficient (Wildman–Crippen LogP) is 13.8. The third-order valence-electron chi connectivity index (χ3n) is 10.3. The van der Waals surface area contributed by atoms with Gasteiger partial charge in [-0.2, -0.15) is 0 Å². The predicted molar refractivity (Wildman–Crippen MR) is 190 cm³/mol. The van der Waals surface area contributed by atoms with Gasteiger partial charge in [-0.3, -0.25) is 0 Å². The van der Waals surface area contributed by atoms with Crippen LogP contribution in [0.2, 0.25) is 0 Å². The molecule has 1 nitrogen and oxygen atoms in total. The van der Waals surface area contributed by atoms with E-state index < -0.39 is 0 Å². The highest BCUT2D eigenvalue weighted by molar-refractivity contribution is 4.99. The monoisotopic (exact) mass is 585 g/mol. The lowest BCUT2D eigenvalue weighted by molar-refractivity contribution is 0.0140. The number of hydrogen-bond acceptors (Lipinski definition) is 1. The maximum absolute atomic E-state index is 5.54. The number of ether oxygens (including phenoxy) is 1. The average molecular weight is 585 g/mol. The first-order valence-corrected chi connectivity index (χ1v) is 18.4. The minimum absolute atomic E-state index is 0.0174. The molecule has 0 bridgehead atoms. The molecule has 0 heterocycles. The molecule has 246 valence electrons. The van der Waals surface area contributed by atoms with Crippen LogP contribution in [0.5, 0.6) is 0 Å². The highest BCUT2D eigenvalue weighted by Gasteiger charge is 2.35. The van der Waals surface area contributed by atoms with Gasteiger partial charge < -0.3 is 4.74 Å². The van der Waals surface area contributed by atoms with Gasteiger partial charge in [-0.15, -0.1) is 0 Å². The maximum Gasteiger partial charge on any atom is 0.0622 e. The molecule has 3 unspecified atom stereocenters. The van der Waals surface area contributed by atoms with Crippen molar-refractivity contribution in [1.82, 2.24) is 0 Å². The van der Waals surface area contributed by atoms with E-state index in [1.807, 2.05) is 7.11 Å². The summed E-state index contributed by atoms with van der Waals surface area (Å²) in [6.07, 6.45) is 33.2. The first-order chi connectivity index (χ1) is 19.9. The summed E-state index contributed by atoms with van der Waals surface area (Å²) in [6.45, 7) is 20.9. The summed E-state index contributed by atoms with van der Waals surface area (Å²) < 4.78 is 5.54. The van der Waals surface area contributed by atoms with E-state index in [0.29, 0.717) is 0 Å². The number of rotatable bonds is 26. The summed E-state index contributed by atoms with van der Waals surface area (Å²) >= 11 is 0. The molecule has 0 spiro atoms. The van der Waals surface area contributed by atoms with Crippen molar-refractivity contribution in [2.24, 2.45) is 29.6 Å². The Morgan fingerprint density at radius 1 is 0.643 bits per heavy atom. The number of unbranched alkanes of at least 4 members (excludes halogenated alkanes) is 1. The van der Waals surface area contributed by atoms with E-state index in [-0.39, 0.29) is 5.60 Å². The van der Waals surface area contributed by atoms with Gasteiger partial charge in [-0.05, 0) is 155 Å². The van der Waals surface area contributed by atoms with Gasteiger partial charge in [0.15, 0.2) is 0 Å². The van der Waals surface area contributed by atoms with E-state index in [9.17, 15) is 0 Å². The molecule has 1 aliphatic carbocycles. The summed E-state index contributed by atoms with van der Waals surface area (Å²) in [4.78, 5) is 0. The smallest absolute Gasteiger partial charge is 0.0622 e. The van der Waals surface area contributed by atoms with Gasteiger partial charge in [0.2, 0.25) is 0 Å². The summed E-state index contributed by atoms with van der Waals surface area (Å²) in [6, 6.07) is 0. The van der Waals surface area contributed by atoms with Crippen molar-refractivity contribution >= 4 is 0 Å². The van der Waals surface area contributed by atoms with Crippen LogP contribution < -0.4 is 0 Å². The lowest BCUT2D eigenvalue weighted by Crippen LogP contribution is -2.21. The second kappa shape index (κ2) is 22.7. The lowest BCUT2D eigenvalue weighted by atomic mass is 9.94. The van der Waals surface area contributed by atoms with Crippen LogP contribution in [0.3, 0.4) is 0 Å². The maximum atomic E-state index is 5.54. The van der Waals surface area contributed by atoms with Crippen molar-refractivity contribution in [2.45, 2.75) is 190 Å². The lowest BCUT2D eigenvalue weighted by Gasteiger charge is -2.22. The highest BCUT2D eigenvalue weighted by atomic mass is 16.5. The van der Waals surface area contributed by atoms with Crippen LogP contribution in [0.15, 0.2) is 34.9 Å². The Balaban J connectivity index is 2.01. The molecule has 1 heteroatoms. The summed E-state index contributed by atoms with van der Waals surface area (Å²) in [5.41, 5.74) is 4.67. The molecule has 0 saturated heterocycles. The standard InChI is InChI=1S/C41H76O/c1-33(2)18-13-21-38(7)29-30-40-32-39(40)28-16-26-35(4)20-12-11-19-34(3)22-14-23-36(5)24-15-25-37(6)27-17-31-41(8,9)42-10/h18-19,25,35-36,38-40H,11-17,20-24,26-32H2,1-10H3/b34-19+,37-25+/t35?,36?,38?,39-,40-/m1/s1. The molecule has 0 N–H and O–H groups in total. The SMILES string of the molecule is COC(C)(C)CCC/C(C)=C/CCC(C)CCC/C(C)=C/CCCC(C)CCC[C@@H]1C[C@H]1CCC(C)CCC=C(C)C. The van der Waals surface area contributed by atoms with Crippen LogP contribution in [0.4, 0.5) is 0 Å². The molecule has 0 aromatic rings. The first kappa shape index (κ1) is 39.2. The van der Waals surface area contributed by atoms with Gasteiger partial charge in [0.25, 0.3) is 0 Å². The Labute approximate surface area is 265 Å². The van der Waals surface area contributed by atoms with Gasteiger partial charge in [0, 0.05) is 7.11 Å². The zero-order valence-corrected chi connectivity index (χ0v) is 30.5.